The van der Waals surface area contributed by atoms with Crippen molar-refractivity contribution < 1.29 is 19.0 Å². The number of phenolic OH excluding ortho intramolecular Hbond substituents is 1. The van der Waals surface area contributed by atoms with Gasteiger partial charge in [0.15, 0.2) is 0 Å². The van der Waals surface area contributed by atoms with Crippen LogP contribution in [0.4, 0.5) is 8.78 Å². The third kappa shape index (κ3) is 2.31. The number of hydrogen-bond donors (Lipinski definition) is 3. The van der Waals surface area contributed by atoms with E-state index < -0.39 is 28.8 Å². The largest absolute Gasteiger partial charge is 0.507 e. The lowest BCUT2D eigenvalue weighted by molar-refractivity contribution is 0.129. The lowest BCUT2D eigenvalue weighted by Crippen LogP contribution is -2.33. The van der Waals surface area contributed by atoms with E-state index in [4.69, 9.17) is 10.8 Å². The van der Waals surface area contributed by atoms with Crippen LogP contribution < -0.4 is 5.73 Å². The molecule has 1 atom stereocenters. The number of nitrogens with two attached hydrogens (primary N) is 1. The minimum atomic E-state index is -0.918. The van der Waals surface area contributed by atoms with E-state index in [2.05, 4.69) is 0 Å². The van der Waals surface area contributed by atoms with Crippen molar-refractivity contribution in [3.05, 3.63) is 29.3 Å². The highest BCUT2D eigenvalue weighted by atomic mass is 19.1. The standard InChI is InChI=1S/C11H15F2NO2/c1-11(2,5-15)10(14)9-7(13)3-6(12)4-8(9)16/h3-4,10,15-16H,5,14H2,1-2H3/t10-/m0/s1. The Bertz CT molecular complexity index is 371. The van der Waals surface area contributed by atoms with Gasteiger partial charge in [0, 0.05) is 35.8 Å². The van der Waals surface area contributed by atoms with Crippen LogP contribution in [0, 0.1) is 17.0 Å². The molecule has 16 heavy (non-hydrogen) atoms. The molecular weight excluding hydrogens is 216 g/mol. The number of aliphatic hydroxyl groups is 1. The normalized spacial score (nSPS) is 13.9. The minimum Gasteiger partial charge on any atom is -0.507 e. The fourth-order valence-electron chi connectivity index (χ4n) is 1.37. The van der Waals surface area contributed by atoms with Crippen molar-refractivity contribution in [3.63, 3.8) is 0 Å². The molecule has 90 valence electrons. The Balaban J connectivity index is 3.24. The Morgan fingerprint density at radius 1 is 1.38 bits per heavy atom. The third-order valence-corrected chi connectivity index (χ3v) is 2.63. The monoisotopic (exact) mass is 231 g/mol. The van der Waals surface area contributed by atoms with E-state index in [0.29, 0.717) is 6.07 Å². The van der Waals surface area contributed by atoms with E-state index in [1.807, 2.05) is 0 Å². The van der Waals surface area contributed by atoms with E-state index >= 15 is 0 Å². The van der Waals surface area contributed by atoms with Gasteiger partial charge in [-0.2, -0.15) is 0 Å². The summed E-state index contributed by atoms with van der Waals surface area (Å²) in [5.41, 5.74) is 4.76. The summed E-state index contributed by atoms with van der Waals surface area (Å²) in [6.45, 7) is 2.98. The van der Waals surface area contributed by atoms with Gasteiger partial charge in [-0.3, -0.25) is 0 Å². The van der Waals surface area contributed by atoms with Gasteiger partial charge in [0.2, 0.25) is 0 Å². The molecule has 0 unspecified atom stereocenters. The summed E-state index contributed by atoms with van der Waals surface area (Å²) in [5, 5.41) is 18.6. The number of phenols is 1. The first-order chi connectivity index (χ1) is 7.29. The molecule has 0 bridgehead atoms. The predicted molar refractivity (Wildman–Crippen MR) is 55.8 cm³/mol. The van der Waals surface area contributed by atoms with Crippen LogP contribution in [0.15, 0.2) is 12.1 Å². The number of aliphatic hydroxyl groups excluding tert-OH is 1. The Hall–Kier alpha value is -1.20. The zero-order chi connectivity index (χ0) is 12.5. The Kier molecular flexibility index (Phi) is 3.50. The molecule has 0 aliphatic rings. The van der Waals surface area contributed by atoms with Gasteiger partial charge in [0.25, 0.3) is 0 Å². The number of aromatic hydroxyl groups is 1. The minimum absolute atomic E-state index is 0.180. The van der Waals surface area contributed by atoms with Crippen molar-refractivity contribution >= 4 is 0 Å². The topological polar surface area (TPSA) is 66.5 Å². The van der Waals surface area contributed by atoms with Crippen LogP contribution in [0.2, 0.25) is 0 Å². The van der Waals surface area contributed by atoms with Gasteiger partial charge in [-0.15, -0.1) is 0 Å². The van der Waals surface area contributed by atoms with Crippen LogP contribution in [0.25, 0.3) is 0 Å². The second-order valence-electron chi connectivity index (χ2n) is 4.44. The van der Waals surface area contributed by atoms with E-state index in [9.17, 15) is 13.9 Å². The van der Waals surface area contributed by atoms with E-state index in [1.54, 1.807) is 13.8 Å². The number of halogens is 2. The lowest BCUT2D eigenvalue weighted by atomic mass is 9.81. The maximum Gasteiger partial charge on any atom is 0.134 e. The van der Waals surface area contributed by atoms with E-state index in [1.165, 1.54) is 0 Å². The molecular formula is C11H15F2NO2. The van der Waals surface area contributed by atoms with E-state index in [-0.39, 0.29) is 12.2 Å². The number of benzene rings is 1. The first-order valence-electron chi connectivity index (χ1n) is 4.84. The molecule has 0 aromatic heterocycles. The van der Waals surface area contributed by atoms with Gasteiger partial charge in [0.05, 0.1) is 0 Å². The molecule has 1 aromatic rings. The lowest BCUT2D eigenvalue weighted by Gasteiger charge is -2.30. The van der Waals surface area contributed by atoms with Crippen molar-refractivity contribution in [1.82, 2.24) is 0 Å². The van der Waals surface area contributed by atoms with E-state index in [0.717, 1.165) is 6.07 Å². The van der Waals surface area contributed by atoms with Crippen LogP contribution in [0.3, 0.4) is 0 Å². The average molecular weight is 231 g/mol. The van der Waals surface area contributed by atoms with Gasteiger partial charge >= 0.3 is 0 Å². The Labute approximate surface area is 92.5 Å². The van der Waals surface area contributed by atoms with Crippen LogP contribution >= 0.6 is 0 Å². The highest BCUT2D eigenvalue weighted by Gasteiger charge is 2.31. The van der Waals surface area contributed by atoms with Crippen molar-refractivity contribution in [3.8, 4) is 5.75 Å². The maximum atomic E-state index is 13.5. The highest BCUT2D eigenvalue weighted by molar-refractivity contribution is 5.37. The first-order valence-corrected chi connectivity index (χ1v) is 4.84. The van der Waals surface area contributed by atoms with Gasteiger partial charge in [-0.25, -0.2) is 8.78 Å². The molecule has 0 radical (unpaired) electrons. The summed E-state index contributed by atoms with van der Waals surface area (Å²) >= 11 is 0. The molecule has 4 N–H and O–H groups in total. The molecule has 3 nitrogen and oxygen atoms in total. The second-order valence-corrected chi connectivity index (χ2v) is 4.44. The number of rotatable bonds is 3. The third-order valence-electron chi connectivity index (χ3n) is 2.63. The molecule has 0 aliphatic heterocycles. The fourth-order valence-corrected chi connectivity index (χ4v) is 1.37. The quantitative estimate of drug-likeness (QED) is 0.741. The molecule has 0 heterocycles. The van der Waals surface area contributed by atoms with Gasteiger partial charge < -0.3 is 15.9 Å². The predicted octanol–water partition coefficient (Wildman–Crippen LogP) is 1.69. The first kappa shape index (κ1) is 12.9. The molecule has 0 amide bonds. The highest BCUT2D eigenvalue weighted by Crippen LogP contribution is 2.37. The molecule has 0 fully saturated rings. The van der Waals surface area contributed by atoms with Crippen molar-refractivity contribution in [1.29, 1.82) is 0 Å². The summed E-state index contributed by atoms with van der Waals surface area (Å²) in [6.07, 6.45) is 0. The summed E-state index contributed by atoms with van der Waals surface area (Å²) in [5.74, 6) is -2.31. The molecule has 1 rings (SSSR count). The zero-order valence-corrected chi connectivity index (χ0v) is 9.17. The molecule has 0 saturated heterocycles. The Morgan fingerprint density at radius 2 is 1.94 bits per heavy atom. The molecule has 1 aromatic carbocycles. The van der Waals surface area contributed by atoms with Crippen molar-refractivity contribution in [2.45, 2.75) is 19.9 Å². The summed E-state index contributed by atoms with van der Waals surface area (Å²) in [4.78, 5) is 0. The number of hydrogen-bond acceptors (Lipinski definition) is 3. The average Bonchev–Trinajstić information content (AvgIpc) is 2.15. The second kappa shape index (κ2) is 4.35. The van der Waals surface area contributed by atoms with Crippen LogP contribution in [-0.2, 0) is 0 Å². The summed E-state index contributed by atoms with van der Waals surface area (Å²) in [6, 6.07) is 0.534. The summed E-state index contributed by atoms with van der Waals surface area (Å²) in [7, 11) is 0. The molecule has 5 heteroatoms. The SMILES string of the molecule is CC(C)(CO)[C@@H](N)c1c(O)cc(F)cc1F. The van der Waals surface area contributed by atoms with Crippen LogP contribution in [-0.4, -0.2) is 16.8 Å². The molecule has 0 saturated carbocycles. The zero-order valence-electron chi connectivity index (χ0n) is 9.17. The molecule has 0 spiro atoms. The van der Waals surface area contributed by atoms with Crippen LogP contribution in [0.5, 0.6) is 5.75 Å². The van der Waals surface area contributed by atoms with Gasteiger partial charge in [0.1, 0.15) is 17.4 Å². The Morgan fingerprint density at radius 3 is 2.38 bits per heavy atom. The smallest absolute Gasteiger partial charge is 0.134 e. The summed E-state index contributed by atoms with van der Waals surface area (Å²) < 4.78 is 26.2. The van der Waals surface area contributed by atoms with Crippen LogP contribution in [0.1, 0.15) is 25.5 Å². The van der Waals surface area contributed by atoms with Crippen molar-refractivity contribution in [2.75, 3.05) is 6.61 Å². The fraction of sp³-hybridized carbons (Fsp3) is 0.455. The molecule has 0 aliphatic carbocycles. The van der Waals surface area contributed by atoms with Crippen molar-refractivity contribution in [2.24, 2.45) is 11.1 Å². The maximum absolute atomic E-state index is 13.5. The van der Waals surface area contributed by atoms with Gasteiger partial charge in [-0.05, 0) is 0 Å². The van der Waals surface area contributed by atoms with Gasteiger partial charge in [-0.1, -0.05) is 13.8 Å².